The maximum absolute atomic E-state index is 11.3. The van der Waals surface area contributed by atoms with E-state index in [1.807, 2.05) is 24.3 Å². The number of nitrogen functional groups attached to an aromatic ring is 1. The molecule has 0 bridgehead atoms. The summed E-state index contributed by atoms with van der Waals surface area (Å²) in [6.45, 7) is 0. The largest absolute Gasteiger partial charge is 0.397 e. The predicted octanol–water partition coefficient (Wildman–Crippen LogP) is 2.68. The quantitative estimate of drug-likeness (QED) is 0.909. The van der Waals surface area contributed by atoms with Crippen LogP contribution in [0.2, 0.25) is 0 Å². The molecule has 0 saturated carbocycles. The summed E-state index contributed by atoms with van der Waals surface area (Å²) in [6, 6.07) is 9.23. The number of anilines is 1. The minimum atomic E-state index is -0.533. The SMILES string of the molecule is NC(=O)c1cc(N)cnc1Sc1ccc(Br)cc1. The highest BCUT2D eigenvalue weighted by atomic mass is 79.9. The van der Waals surface area contributed by atoms with Crippen molar-refractivity contribution in [2.75, 3.05) is 5.73 Å². The van der Waals surface area contributed by atoms with Crippen molar-refractivity contribution in [1.82, 2.24) is 4.98 Å². The molecule has 2 aromatic rings. The third-order valence-electron chi connectivity index (χ3n) is 2.17. The minimum Gasteiger partial charge on any atom is -0.397 e. The van der Waals surface area contributed by atoms with Gasteiger partial charge in [0.2, 0.25) is 0 Å². The van der Waals surface area contributed by atoms with Gasteiger partial charge in [0.15, 0.2) is 0 Å². The summed E-state index contributed by atoms with van der Waals surface area (Å²) in [5.74, 6) is -0.533. The van der Waals surface area contributed by atoms with Crippen molar-refractivity contribution in [2.45, 2.75) is 9.92 Å². The molecule has 6 heteroatoms. The minimum absolute atomic E-state index is 0.336. The van der Waals surface area contributed by atoms with Crippen LogP contribution in [0.4, 0.5) is 5.69 Å². The van der Waals surface area contributed by atoms with E-state index in [0.717, 1.165) is 9.37 Å². The van der Waals surface area contributed by atoms with E-state index in [1.54, 1.807) is 0 Å². The first-order valence-corrected chi connectivity index (χ1v) is 6.66. The van der Waals surface area contributed by atoms with E-state index < -0.39 is 5.91 Å². The molecule has 1 heterocycles. The van der Waals surface area contributed by atoms with Crippen molar-refractivity contribution in [3.05, 3.63) is 46.6 Å². The molecule has 2 rings (SSSR count). The van der Waals surface area contributed by atoms with Crippen molar-refractivity contribution in [1.29, 1.82) is 0 Å². The molecule has 1 aromatic heterocycles. The van der Waals surface area contributed by atoms with Gasteiger partial charge in [0, 0.05) is 9.37 Å². The van der Waals surface area contributed by atoms with Crippen molar-refractivity contribution in [3.8, 4) is 0 Å². The van der Waals surface area contributed by atoms with Crippen molar-refractivity contribution in [2.24, 2.45) is 5.73 Å². The number of carbonyl (C=O) groups is 1. The number of halogens is 1. The van der Waals surface area contributed by atoms with Crippen LogP contribution in [0.25, 0.3) is 0 Å². The first kappa shape index (κ1) is 12.9. The Hall–Kier alpha value is -1.53. The van der Waals surface area contributed by atoms with Gasteiger partial charge in [-0.15, -0.1) is 0 Å². The molecule has 92 valence electrons. The average Bonchev–Trinajstić information content (AvgIpc) is 2.34. The number of hydrogen-bond donors (Lipinski definition) is 2. The lowest BCUT2D eigenvalue weighted by Gasteiger charge is -2.06. The van der Waals surface area contributed by atoms with Gasteiger partial charge in [-0.2, -0.15) is 0 Å². The zero-order chi connectivity index (χ0) is 13.1. The van der Waals surface area contributed by atoms with Gasteiger partial charge in [0.05, 0.1) is 17.4 Å². The van der Waals surface area contributed by atoms with Crippen molar-refractivity contribution >= 4 is 39.3 Å². The Labute approximate surface area is 117 Å². The number of amides is 1. The zero-order valence-corrected chi connectivity index (χ0v) is 11.7. The van der Waals surface area contributed by atoms with E-state index in [4.69, 9.17) is 11.5 Å². The number of hydrogen-bond acceptors (Lipinski definition) is 4. The van der Waals surface area contributed by atoms with Gasteiger partial charge in [0.25, 0.3) is 5.91 Å². The Kier molecular flexibility index (Phi) is 3.88. The van der Waals surface area contributed by atoms with Gasteiger partial charge in [-0.3, -0.25) is 4.79 Å². The lowest BCUT2D eigenvalue weighted by atomic mass is 10.2. The fraction of sp³-hybridized carbons (Fsp3) is 0. The maximum Gasteiger partial charge on any atom is 0.251 e. The topological polar surface area (TPSA) is 82.0 Å². The van der Waals surface area contributed by atoms with Gasteiger partial charge in [-0.25, -0.2) is 4.98 Å². The molecule has 0 aliphatic carbocycles. The molecule has 0 spiro atoms. The second-order valence-electron chi connectivity index (χ2n) is 3.54. The van der Waals surface area contributed by atoms with E-state index in [-0.39, 0.29) is 0 Å². The molecular weight excluding hydrogens is 314 g/mol. The number of rotatable bonds is 3. The van der Waals surface area contributed by atoms with Gasteiger partial charge in [0.1, 0.15) is 5.03 Å². The third kappa shape index (κ3) is 3.02. The summed E-state index contributed by atoms with van der Waals surface area (Å²) in [5, 5.41) is 0.555. The van der Waals surface area contributed by atoms with Crippen LogP contribution in [-0.2, 0) is 0 Å². The van der Waals surface area contributed by atoms with E-state index in [0.29, 0.717) is 16.3 Å². The fourth-order valence-corrected chi connectivity index (χ4v) is 2.48. The van der Waals surface area contributed by atoms with E-state index >= 15 is 0 Å². The summed E-state index contributed by atoms with van der Waals surface area (Å²) in [4.78, 5) is 16.4. The highest BCUT2D eigenvalue weighted by Gasteiger charge is 2.11. The number of carbonyl (C=O) groups excluding carboxylic acids is 1. The molecule has 0 aliphatic heterocycles. The Morgan fingerprint density at radius 1 is 1.28 bits per heavy atom. The molecule has 4 N–H and O–H groups in total. The van der Waals surface area contributed by atoms with Crippen LogP contribution in [0.15, 0.2) is 50.9 Å². The van der Waals surface area contributed by atoms with E-state index in [1.165, 1.54) is 24.0 Å². The fourth-order valence-electron chi connectivity index (χ4n) is 1.34. The molecular formula is C12H10BrN3OS. The smallest absolute Gasteiger partial charge is 0.251 e. The Bertz CT molecular complexity index is 586. The number of nitrogens with two attached hydrogens (primary N) is 2. The van der Waals surface area contributed by atoms with Crippen LogP contribution in [-0.4, -0.2) is 10.9 Å². The molecule has 1 aromatic carbocycles. The number of nitrogens with zero attached hydrogens (tertiary/aromatic N) is 1. The van der Waals surface area contributed by atoms with Gasteiger partial charge < -0.3 is 11.5 Å². The summed E-state index contributed by atoms with van der Waals surface area (Å²) in [5.41, 5.74) is 11.7. The van der Waals surface area contributed by atoms with Crippen molar-refractivity contribution < 1.29 is 4.79 Å². The number of aromatic nitrogens is 1. The zero-order valence-electron chi connectivity index (χ0n) is 9.26. The summed E-state index contributed by atoms with van der Waals surface area (Å²) < 4.78 is 0.993. The summed E-state index contributed by atoms with van der Waals surface area (Å²) >= 11 is 4.73. The average molecular weight is 324 g/mol. The third-order valence-corrected chi connectivity index (χ3v) is 3.72. The van der Waals surface area contributed by atoms with Gasteiger partial charge in [-0.1, -0.05) is 27.7 Å². The Morgan fingerprint density at radius 2 is 1.94 bits per heavy atom. The number of benzene rings is 1. The molecule has 0 radical (unpaired) electrons. The molecule has 0 fully saturated rings. The lowest BCUT2D eigenvalue weighted by Crippen LogP contribution is -2.13. The molecule has 0 atom stereocenters. The Morgan fingerprint density at radius 3 is 2.56 bits per heavy atom. The number of pyridine rings is 1. The summed E-state index contributed by atoms with van der Waals surface area (Å²) in [7, 11) is 0. The second kappa shape index (κ2) is 5.41. The van der Waals surface area contributed by atoms with Crippen molar-refractivity contribution in [3.63, 3.8) is 0 Å². The van der Waals surface area contributed by atoms with Crippen LogP contribution in [0, 0.1) is 0 Å². The Balaban J connectivity index is 2.34. The second-order valence-corrected chi connectivity index (χ2v) is 5.52. The van der Waals surface area contributed by atoms with E-state index in [9.17, 15) is 4.79 Å². The normalized spacial score (nSPS) is 10.3. The van der Waals surface area contributed by atoms with Gasteiger partial charge in [-0.05, 0) is 30.3 Å². The van der Waals surface area contributed by atoms with Crippen LogP contribution >= 0.6 is 27.7 Å². The highest BCUT2D eigenvalue weighted by molar-refractivity contribution is 9.10. The van der Waals surface area contributed by atoms with Crippen LogP contribution in [0.5, 0.6) is 0 Å². The van der Waals surface area contributed by atoms with Crippen LogP contribution < -0.4 is 11.5 Å². The monoisotopic (exact) mass is 323 g/mol. The number of primary amides is 1. The van der Waals surface area contributed by atoms with E-state index in [2.05, 4.69) is 20.9 Å². The summed E-state index contributed by atoms with van der Waals surface area (Å²) in [6.07, 6.45) is 1.51. The first-order valence-electron chi connectivity index (χ1n) is 5.05. The molecule has 1 amide bonds. The lowest BCUT2D eigenvalue weighted by molar-refractivity contribution is 0.0997. The maximum atomic E-state index is 11.3. The molecule has 0 saturated heterocycles. The molecule has 0 aliphatic rings. The standard InChI is InChI=1S/C12H10BrN3OS/c13-7-1-3-9(4-2-7)18-12-10(11(15)17)5-8(14)6-16-12/h1-6H,14H2,(H2,15,17). The highest BCUT2D eigenvalue weighted by Crippen LogP contribution is 2.30. The van der Waals surface area contributed by atoms with Crippen LogP contribution in [0.1, 0.15) is 10.4 Å². The molecule has 0 unspecified atom stereocenters. The van der Waals surface area contributed by atoms with Gasteiger partial charge >= 0.3 is 0 Å². The first-order chi connectivity index (χ1) is 8.56. The molecule has 18 heavy (non-hydrogen) atoms. The van der Waals surface area contributed by atoms with Crippen LogP contribution in [0.3, 0.4) is 0 Å². The molecule has 4 nitrogen and oxygen atoms in total. The predicted molar refractivity (Wildman–Crippen MR) is 75.4 cm³/mol.